The zero-order valence-corrected chi connectivity index (χ0v) is 15.0. The van der Waals surface area contributed by atoms with E-state index in [2.05, 4.69) is 51.7 Å². The van der Waals surface area contributed by atoms with E-state index in [1.807, 2.05) is 19.2 Å². The highest BCUT2D eigenvalue weighted by Gasteiger charge is 2.29. The number of benzene rings is 1. The lowest BCUT2D eigenvalue weighted by atomic mass is 9.93. The monoisotopic (exact) mass is 338 g/mol. The molecule has 0 unspecified atom stereocenters. The van der Waals surface area contributed by atoms with Crippen molar-refractivity contribution in [3.63, 3.8) is 0 Å². The molecule has 3 rings (SSSR count). The van der Waals surface area contributed by atoms with Gasteiger partial charge in [0.05, 0.1) is 6.04 Å². The smallest absolute Gasteiger partial charge is 0.237 e. The molecular weight excluding hydrogens is 312 g/mol. The van der Waals surface area contributed by atoms with Gasteiger partial charge in [-0.1, -0.05) is 31.2 Å². The summed E-state index contributed by atoms with van der Waals surface area (Å²) in [6.07, 6.45) is 4.39. The van der Waals surface area contributed by atoms with Crippen molar-refractivity contribution in [2.45, 2.75) is 32.9 Å². The second-order valence-electron chi connectivity index (χ2n) is 6.46. The number of nitrogens with zero attached hydrogens (tertiary/aromatic N) is 2. The number of anilines is 1. The van der Waals surface area contributed by atoms with Gasteiger partial charge in [0.25, 0.3) is 0 Å². The summed E-state index contributed by atoms with van der Waals surface area (Å²) in [5.74, 6) is 0.115. The van der Waals surface area contributed by atoms with E-state index in [-0.39, 0.29) is 11.9 Å². The summed E-state index contributed by atoms with van der Waals surface area (Å²) in [4.78, 5) is 19.0. The minimum Gasteiger partial charge on any atom is -0.383 e. The van der Waals surface area contributed by atoms with E-state index in [9.17, 15) is 4.79 Å². The van der Waals surface area contributed by atoms with Gasteiger partial charge in [-0.15, -0.1) is 0 Å². The van der Waals surface area contributed by atoms with E-state index >= 15 is 0 Å². The van der Waals surface area contributed by atoms with Crippen LogP contribution < -0.4 is 10.6 Å². The Kier molecular flexibility index (Phi) is 5.66. The van der Waals surface area contributed by atoms with Crippen LogP contribution in [-0.4, -0.2) is 41.5 Å². The highest BCUT2D eigenvalue weighted by molar-refractivity contribution is 5.82. The molecule has 25 heavy (non-hydrogen) atoms. The van der Waals surface area contributed by atoms with E-state index in [0.29, 0.717) is 13.1 Å². The van der Waals surface area contributed by atoms with Crippen molar-refractivity contribution < 1.29 is 4.79 Å². The van der Waals surface area contributed by atoms with Crippen LogP contribution in [0.5, 0.6) is 0 Å². The Bertz CT molecular complexity index is 731. The fourth-order valence-electron chi connectivity index (χ4n) is 3.34. The molecule has 0 radical (unpaired) electrons. The van der Waals surface area contributed by atoms with Gasteiger partial charge in [-0.2, -0.15) is 0 Å². The normalized spacial score (nSPS) is 17.0. The SMILES string of the molecule is CCN1Cc2ccccc2C[C@@H]1C(=O)NCCNc1ccncc1C. The first kappa shape index (κ1) is 17.4. The third-order valence-electron chi connectivity index (χ3n) is 4.81. The van der Waals surface area contributed by atoms with Crippen LogP contribution in [0.2, 0.25) is 0 Å². The summed E-state index contributed by atoms with van der Waals surface area (Å²) < 4.78 is 0. The van der Waals surface area contributed by atoms with Gasteiger partial charge in [-0.25, -0.2) is 0 Å². The molecule has 0 fully saturated rings. The van der Waals surface area contributed by atoms with Crippen molar-refractivity contribution >= 4 is 11.6 Å². The zero-order chi connectivity index (χ0) is 17.6. The summed E-state index contributed by atoms with van der Waals surface area (Å²) >= 11 is 0. The van der Waals surface area contributed by atoms with Gasteiger partial charge in [-0.3, -0.25) is 14.7 Å². The lowest BCUT2D eigenvalue weighted by Crippen LogP contribution is -2.50. The standard InChI is InChI=1S/C20H26N4O/c1-3-24-14-17-7-5-4-6-16(17)12-19(24)20(25)23-11-10-22-18-8-9-21-13-15(18)2/h4-9,13,19H,3,10-12,14H2,1-2H3,(H,21,22)(H,23,25)/t19-/m1/s1. The largest absolute Gasteiger partial charge is 0.383 e. The minimum atomic E-state index is -0.0810. The molecule has 2 heterocycles. The number of hydrogen-bond acceptors (Lipinski definition) is 4. The van der Waals surface area contributed by atoms with E-state index in [1.54, 1.807) is 6.20 Å². The summed E-state index contributed by atoms with van der Waals surface area (Å²) in [6, 6.07) is 10.3. The minimum absolute atomic E-state index is 0.0810. The number of aryl methyl sites for hydroxylation is 1. The predicted octanol–water partition coefficient (Wildman–Crippen LogP) is 2.36. The van der Waals surface area contributed by atoms with Gasteiger partial charge in [-0.05, 0) is 42.6 Å². The van der Waals surface area contributed by atoms with E-state index < -0.39 is 0 Å². The van der Waals surface area contributed by atoms with Crippen molar-refractivity contribution in [2.24, 2.45) is 0 Å². The molecular formula is C20H26N4O. The Labute approximate surface area is 149 Å². The number of carbonyl (C=O) groups is 1. The molecule has 132 valence electrons. The van der Waals surface area contributed by atoms with Crippen LogP contribution in [0.3, 0.4) is 0 Å². The molecule has 1 aliphatic heterocycles. The van der Waals surface area contributed by atoms with E-state index in [4.69, 9.17) is 0 Å². The van der Waals surface area contributed by atoms with Crippen molar-refractivity contribution in [2.75, 3.05) is 25.0 Å². The van der Waals surface area contributed by atoms with Crippen molar-refractivity contribution in [3.8, 4) is 0 Å². The molecule has 1 aromatic carbocycles. The Balaban J connectivity index is 1.53. The molecule has 2 N–H and O–H groups in total. The lowest BCUT2D eigenvalue weighted by molar-refractivity contribution is -0.126. The van der Waals surface area contributed by atoms with Crippen LogP contribution in [-0.2, 0) is 17.8 Å². The quantitative estimate of drug-likeness (QED) is 0.794. The molecule has 0 bridgehead atoms. The first-order chi connectivity index (χ1) is 12.2. The molecule has 1 amide bonds. The second kappa shape index (κ2) is 8.12. The maximum atomic E-state index is 12.7. The van der Waals surface area contributed by atoms with Crippen LogP contribution in [0.1, 0.15) is 23.6 Å². The van der Waals surface area contributed by atoms with Crippen LogP contribution in [0.4, 0.5) is 5.69 Å². The summed E-state index contributed by atoms with van der Waals surface area (Å²) in [7, 11) is 0. The van der Waals surface area contributed by atoms with Gasteiger partial charge in [0.2, 0.25) is 5.91 Å². The van der Waals surface area contributed by atoms with Gasteiger partial charge in [0.15, 0.2) is 0 Å². The van der Waals surface area contributed by atoms with Crippen molar-refractivity contribution in [1.82, 2.24) is 15.2 Å². The Hall–Kier alpha value is -2.40. The number of likely N-dealkylation sites (N-methyl/N-ethyl adjacent to an activating group) is 1. The molecule has 5 heteroatoms. The Morgan fingerprint density at radius 1 is 1.24 bits per heavy atom. The highest BCUT2D eigenvalue weighted by atomic mass is 16.2. The van der Waals surface area contributed by atoms with E-state index in [0.717, 1.165) is 30.8 Å². The number of amides is 1. The van der Waals surface area contributed by atoms with E-state index in [1.165, 1.54) is 11.1 Å². The predicted molar refractivity (Wildman–Crippen MR) is 100 cm³/mol. The number of nitrogens with one attached hydrogen (secondary N) is 2. The Morgan fingerprint density at radius 3 is 2.80 bits per heavy atom. The molecule has 0 spiro atoms. The number of aromatic nitrogens is 1. The van der Waals surface area contributed by atoms with Crippen molar-refractivity contribution in [3.05, 3.63) is 59.4 Å². The maximum Gasteiger partial charge on any atom is 0.237 e. The summed E-state index contributed by atoms with van der Waals surface area (Å²) in [5.41, 5.74) is 4.79. The second-order valence-corrected chi connectivity index (χ2v) is 6.46. The molecule has 0 saturated heterocycles. The first-order valence-corrected chi connectivity index (χ1v) is 8.92. The lowest BCUT2D eigenvalue weighted by Gasteiger charge is -2.35. The van der Waals surface area contributed by atoms with Gasteiger partial charge in [0, 0.05) is 37.7 Å². The third-order valence-corrected chi connectivity index (χ3v) is 4.81. The summed E-state index contributed by atoms with van der Waals surface area (Å²) in [5, 5.41) is 6.42. The molecule has 0 saturated carbocycles. The first-order valence-electron chi connectivity index (χ1n) is 8.92. The fourth-order valence-corrected chi connectivity index (χ4v) is 3.34. The fraction of sp³-hybridized carbons (Fsp3) is 0.400. The molecule has 0 aliphatic carbocycles. The van der Waals surface area contributed by atoms with Crippen LogP contribution >= 0.6 is 0 Å². The van der Waals surface area contributed by atoms with Gasteiger partial charge >= 0.3 is 0 Å². The zero-order valence-electron chi connectivity index (χ0n) is 15.0. The maximum absolute atomic E-state index is 12.7. The van der Waals surface area contributed by atoms with Crippen LogP contribution in [0.15, 0.2) is 42.7 Å². The number of hydrogen-bond donors (Lipinski definition) is 2. The Morgan fingerprint density at radius 2 is 2.04 bits per heavy atom. The molecule has 1 atom stereocenters. The molecule has 1 aromatic heterocycles. The average molecular weight is 338 g/mol. The number of rotatable bonds is 6. The topological polar surface area (TPSA) is 57.3 Å². The van der Waals surface area contributed by atoms with Gasteiger partial charge < -0.3 is 10.6 Å². The van der Waals surface area contributed by atoms with Crippen molar-refractivity contribution in [1.29, 1.82) is 0 Å². The van der Waals surface area contributed by atoms with Crippen LogP contribution in [0.25, 0.3) is 0 Å². The third kappa shape index (κ3) is 4.17. The van der Waals surface area contributed by atoms with Gasteiger partial charge in [0.1, 0.15) is 0 Å². The summed E-state index contributed by atoms with van der Waals surface area (Å²) in [6.45, 7) is 7.16. The molecule has 5 nitrogen and oxygen atoms in total. The highest BCUT2D eigenvalue weighted by Crippen LogP contribution is 2.23. The average Bonchev–Trinajstić information content (AvgIpc) is 2.65. The number of carbonyl (C=O) groups excluding carboxylic acids is 1. The number of fused-ring (bicyclic) bond motifs is 1. The number of pyridine rings is 1. The van der Waals surface area contributed by atoms with Crippen LogP contribution in [0, 0.1) is 6.92 Å². The molecule has 2 aromatic rings. The molecule has 1 aliphatic rings.